The summed E-state index contributed by atoms with van der Waals surface area (Å²) in [5.74, 6) is -1.73. The Balaban J connectivity index is 1.56. The molecule has 64 heavy (non-hydrogen) atoms. The monoisotopic (exact) mass is 940 g/mol. The van der Waals surface area contributed by atoms with Crippen molar-refractivity contribution in [3.8, 4) is 0 Å². The number of carbonyl (C=O) groups excluding carboxylic acids is 1. The second-order valence-electron chi connectivity index (χ2n) is 15.2. The Morgan fingerprint density at radius 3 is 1.58 bits per heavy atom. The minimum absolute atomic E-state index is 0.312. The molecule has 4 saturated heterocycles. The van der Waals surface area contributed by atoms with Crippen LogP contribution in [-0.4, -0.2) is 273 Å². The molecule has 4 rings (SSSR count). The zero-order valence-electron chi connectivity index (χ0n) is 33.8. The molecule has 0 saturated carbocycles. The van der Waals surface area contributed by atoms with Crippen molar-refractivity contribution < 1.29 is 139 Å². The lowest BCUT2D eigenvalue weighted by Crippen LogP contribution is -2.64. The van der Waals surface area contributed by atoms with Crippen molar-refractivity contribution in [2.24, 2.45) is 0 Å². The van der Waals surface area contributed by atoms with Gasteiger partial charge in [-0.3, -0.25) is 0 Å². The number of hydrogen-bond donors (Lipinski definition) is 18. The molecule has 28 heteroatoms. The molecule has 0 aromatic heterocycles. The average Bonchev–Trinajstić information content (AvgIpc) is 3.25. The van der Waals surface area contributed by atoms with Gasteiger partial charge < -0.3 is 139 Å². The molecule has 0 spiro atoms. The summed E-state index contributed by atoms with van der Waals surface area (Å²) in [6.45, 7) is -3.78. The Morgan fingerprint density at radius 1 is 0.562 bits per heavy atom. The van der Waals surface area contributed by atoms with Gasteiger partial charge in [0, 0.05) is 44.6 Å². The summed E-state index contributed by atoms with van der Waals surface area (Å²) in [5.41, 5.74) is 0. The summed E-state index contributed by atoms with van der Waals surface area (Å²) in [6.07, 6.45) is -42.4. The average molecular weight is 941 g/mol. The SMILES string of the molecule is O=CC1CC(O)C(O)[C@@H](OC2C(O)[C@H](O)C(CO)O[C@@H]2OCC2O[C@H](OCC3O[C@@H](O)C(O)C(O[C@@H](O)/C=C(\O)[C@H](O)CCO)[C@@H]3O)C(O)C(O[C@@H](O)/C=C(\O)[C@H](O)CCO)[C@@H]2O)O1. The summed E-state index contributed by atoms with van der Waals surface area (Å²) >= 11 is 0. The highest BCUT2D eigenvalue weighted by Gasteiger charge is 2.52. The molecule has 0 bridgehead atoms. The van der Waals surface area contributed by atoms with Crippen molar-refractivity contribution in [1.29, 1.82) is 0 Å². The van der Waals surface area contributed by atoms with Crippen LogP contribution in [0.3, 0.4) is 0 Å². The van der Waals surface area contributed by atoms with Gasteiger partial charge in [-0.1, -0.05) is 0 Å². The molecule has 12 unspecified atom stereocenters. The van der Waals surface area contributed by atoms with Crippen molar-refractivity contribution in [3.63, 3.8) is 0 Å². The van der Waals surface area contributed by atoms with E-state index in [9.17, 15) is 86.5 Å². The fourth-order valence-electron chi connectivity index (χ4n) is 6.95. The van der Waals surface area contributed by atoms with E-state index in [-0.39, 0.29) is 19.3 Å². The Hall–Kier alpha value is -2.25. The van der Waals surface area contributed by atoms with Crippen molar-refractivity contribution in [3.05, 3.63) is 23.7 Å². The third-order valence-electron chi connectivity index (χ3n) is 10.6. The van der Waals surface area contributed by atoms with Gasteiger partial charge in [-0.15, -0.1) is 0 Å². The van der Waals surface area contributed by atoms with Crippen LogP contribution in [0.5, 0.6) is 0 Å². The number of rotatable bonds is 22. The van der Waals surface area contributed by atoms with E-state index < -0.39 is 186 Å². The van der Waals surface area contributed by atoms with Gasteiger partial charge in [0.15, 0.2) is 37.7 Å². The lowest BCUT2D eigenvalue weighted by atomic mass is 9.97. The Kier molecular flexibility index (Phi) is 21.4. The van der Waals surface area contributed by atoms with Crippen LogP contribution in [0.15, 0.2) is 23.7 Å². The van der Waals surface area contributed by atoms with Crippen LogP contribution in [0.25, 0.3) is 0 Å². The number of carbonyl (C=O) groups is 1. The van der Waals surface area contributed by atoms with Gasteiger partial charge in [0.25, 0.3) is 0 Å². The van der Waals surface area contributed by atoms with E-state index in [2.05, 4.69) is 0 Å². The molecule has 372 valence electrons. The lowest BCUT2D eigenvalue weighted by Gasteiger charge is -2.46. The molecule has 0 aromatic rings. The topological polar surface area (TPSA) is 464 Å². The predicted octanol–water partition coefficient (Wildman–Crippen LogP) is -9.46. The van der Waals surface area contributed by atoms with Crippen molar-refractivity contribution in [2.75, 3.05) is 33.0 Å². The fraction of sp³-hybridized carbons (Fsp3) is 0.861. The molecule has 4 fully saturated rings. The number of aldehydes is 1. The molecule has 0 amide bonds. The first-order valence-corrected chi connectivity index (χ1v) is 20.0. The van der Waals surface area contributed by atoms with Crippen LogP contribution in [0.2, 0.25) is 0 Å². The predicted molar refractivity (Wildman–Crippen MR) is 198 cm³/mol. The Labute approximate surface area is 363 Å². The Bertz CT molecular complexity index is 1460. The summed E-state index contributed by atoms with van der Waals surface area (Å²) in [4.78, 5) is 11.4. The molecule has 28 nitrogen and oxygen atoms in total. The van der Waals surface area contributed by atoms with Gasteiger partial charge in [0.1, 0.15) is 115 Å². The van der Waals surface area contributed by atoms with Gasteiger partial charge in [0.05, 0.1) is 25.9 Å². The maximum Gasteiger partial charge on any atom is 0.187 e. The quantitative estimate of drug-likeness (QED) is 0.0272. The van der Waals surface area contributed by atoms with Crippen molar-refractivity contribution in [2.45, 2.75) is 161 Å². The number of aliphatic hydroxyl groups excluding tert-OH is 18. The maximum absolute atomic E-state index is 11.4. The maximum atomic E-state index is 11.4. The fourth-order valence-corrected chi connectivity index (χ4v) is 6.95. The summed E-state index contributed by atoms with van der Waals surface area (Å²) in [7, 11) is 0. The standard InChI is InChI=1S/C36H60O28/c37-3-1-13(41)15(43)6-21(46)62-30-25(50)19(59-33(55)28(30)53)10-56-34-29(54)31(63-22(47)7-16(44)14(42)2-4-38)26(51)20(61-34)11-57-36-32(27(52)24(49)18(9-40)60-36)64-35-23(48)17(45)5-12(8-39)58-35/h6-8,12-14,17-38,40-55H,1-5,9-11H2/b15-6-,16-7-/t12?,13-,14-,17?,18?,19?,20?,21-,22-,23?,24-,25-,26-,27?,28?,29?,30?,31?,32?,33-,34+,35-,36+/m1/s1. The number of ether oxygens (including phenoxy) is 9. The number of hydrogen-bond acceptors (Lipinski definition) is 28. The zero-order valence-corrected chi connectivity index (χ0v) is 33.8. The summed E-state index contributed by atoms with van der Waals surface area (Å²) in [6, 6.07) is 0. The molecule has 0 radical (unpaired) electrons. The van der Waals surface area contributed by atoms with Gasteiger partial charge in [-0.2, -0.15) is 0 Å². The molecule has 18 N–H and O–H groups in total. The van der Waals surface area contributed by atoms with E-state index in [1.54, 1.807) is 0 Å². The third-order valence-corrected chi connectivity index (χ3v) is 10.6. The van der Waals surface area contributed by atoms with Gasteiger partial charge >= 0.3 is 0 Å². The van der Waals surface area contributed by atoms with E-state index in [0.29, 0.717) is 18.4 Å². The largest absolute Gasteiger partial charge is 0.510 e. The second kappa shape index (κ2) is 25.2. The van der Waals surface area contributed by atoms with Gasteiger partial charge in [-0.25, -0.2) is 0 Å². The van der Waals surface area contributed by atoms with Crippen LogP contribution in [0, 0.1) is 0 Å². The van der Waals surface area contributed by atoms with Gasteiger partial charge in [0.2, 0.25) is 0 Å². The van der Waals surface area contributed by atoms with Crippen LogP contribution in [-0.2, 0) is 47.4 Å². The summed E-state index contributed by atoms with van der Waals surface area (Å²) < 4.78 is 49.4. The molecule has 0 aromatic carbocycles. The van der Waals surface area contributed by atoms with E-state index in [4.69, 9.17) is 52.8 Å². The molecule has 4 aliphatic rings. The first-order valence-electron chi connectivity index (χ1n) is 20.0. The Morgan fingerprint density at radius 2 is 1.06 bits per heavy atom. The molecular formula is C36H60O28. The second-order valence-corrected chi connectivity index (χ2v) is 15.2. The lowest BCUT2D eigenvalue weighted by molar-refractivity contribution is -0.367. The highest BCUT2D eigenvalue weighted by Crippen LogP contribution is 2.32. The molecule has 4 heterocycles. The first kappa shape index (κ1) is 54.4. The first-order chi connectivity index (χ1) is 30.3. The van der Waals surface area contributed by atoms with Gasteiger partial charge in [-0.05, 0) is 0 Å². The highest BCUT2D eigenvalue weighted by molar-refractivity contribution is 5.56. The minimum atomic E-state index is -2.21. The third kappa shape index (κ3) is 13.9. The van der Waals surface area contributed by atoms with Crippen molar-refractivity contribution >= 4 is 6.29 Å². The van der Waals surface area contributed by atoms with Crippen LogP contribution in [0.1, 0.15) is 19.3 Å². The minimum Gasteiger partial charge on any atom is -0.510 e. The van der Waals surface area contributed by atoms with Crippen LogP contribution >= 0.6 is 0 Å². The molecular weight excluding hydrogens is 880 g/mol. The van der Waals surface area contributed by atoms with E-state index in [1.165, 1.54) is 0 Å². The smallest absolute Gasteiger partial charge is 0.187 e. The van der Waals surface area contributed by atoms with Crippen molar-refractivity contribution in [1.82, 2.24) is 0 Å². The summed E-state index contributed by atoms with van der Waals surface area (Å²) in [5, 5.41) is 186. The van der Waals surface area contributed by atoms with Crippen LogP contribution < -0.4 is 0 Å². The molecule has 4 aliphatic heterocycles. The number of aliphatic hydroxyl groups is 18. The van der Waals surface area contributed by atoms with Crippen LogP contribution in [0.4, 0.5) is 0 Å². The van der Waals surface area contributed by atoms with E-state index >= 15 is 0 Å². The highest BCUT2D eigenvalue weighted by atomic mass is 16.8. The van der Waals surface area contributed by atoms with E-state index in [1.807, 2.05) is 0 Å². The molecule has 0 aliphatic carbocycles. The molecule has 23 atom stereocenters. The van der Waals surface area contributed by atoms with E-state index in [0.717, 1.165) is 0 Å². The zero-order chi connectivity index (χ0) is 47.6. The normalized spacial score (nSPS) is 42.2.